The van der Waals surface area contributed by atoms with Gasteiger partial charge in [0.1, 0.15) is 5.75 Å². The molecule has 1 aliphatic rings. The van der Waals surface area contributed by atoms with Gasteiger partial charge >= 0.3 is 0 Å². The van der Waals surface area contributed by atoms with Crippen LogP contribution in [0, 0.1) is 6.92 Å². The molecule has 1 aromatic heterocycles. The third kappa shape index (κ3) is 1.91. The van der Waals surface area contributed by atoms with E-state index in [4.69, 9.17) is 9.47 Å². The number of nitrogens with one attached hydrogen (secondary N) is 1. The maximum Gasteiger partial charge on any atom is 0.143 e. The second kappa shape index (κ2) is 4.87. The van der Waals surface area contributed by atoms with Crippen LogP contribution < -0.4 is 10.1 Å². The van der Waals surface area contributed by atoms with Crippen LogP contribution in [0.4, 0.5) is 0 Å². The van der Waals surface area contributed by atoms with Crippen molar-refractivity contribution in [3.63, 3.8) is 0 Å². The van der Waals surface area contributed by atoms with Gasteiger partial charge in [-0.3, -0.25) is 0 Å². The number of benzene rings is 1. The smallest absolute Gasteiger partial charge is 0.143 e. The number of fused-ring (bicyclic) bond motifs is 1. The molecule has 0 amide bonds. The summed E-state index contributed by atoms with van der Waals surface area (Å²) in [6.07, 6.45) is 0. The van der Waals surface area contributed by atoms with Crippen molar-refractivity contribution in [2.75, 3.05) is 26.9 Å². The van der Waals surface area contributed by atoms with E-state index in [2.05, 4.69) is 29.9 Å². The summed E-state index contributed by atoms with van der Waals surface area (Å²) < 4.78 is 13.3. The summed E-state index contributed by atoms with van der Waals surface area (Å²) >= 11 is 0. The third-order valence-electron chi connectivity index (χ3n) is 4.01. The van der Waals surface area contributed by atoms with E-state index in [-0.39, 0.29) is 6.04 Å². The molecule has 1 fully saturated rings. The Balaban J connectivity index is 2.21. The largest absolute Gasteiger partial charge is 0.495 e. The van der Waals surface area contributed by atoms with Crippen LogP contribution in [0.1, 0.15) is 17.3 Å². The number of aryl methyl sites for hydroxylation is 1. The molecule has 0 saturated carbocycles. The van der Waals surface area contributed by atoms with Crippen molar-refractivity contribution in [2.24, 2.45) is 7.05 Å². The first-order valence-electron chi connectivity index (χ1n) is 6.67. The Bertz CT molecular complexity index is 598. The van der Waals surface area contributed by atoms with Gasteiger partial charge < -0.3 is 19.4 Å². The summed E-state index contributed by atoms with van der Waals surface area (Å²) in [5.74, 6) is 0.922. The highest BCUT2D eigenvalue weighted by Gasteiger charge is 2.24. The maximum atomic E-state index is 5.60. The molecule has 0 spiro atoms. The number of rotatable bonds is 2. The number of methoxy groups -OCH3 is 1. The van der Waals surface area contributed by atoms with Gasteiger partial charge in [-0.25, -0.2) is 0 Å². The van der Waals surface area contributed by atoms with Crippen molar-refractivity contribution in [3.05, 3.63) is 29.5 Å². The Kier molecular flexibility index (Phi) is 3.21. The fraction of sp³-hybridized carbons (Fsp3) is 0.467. The lowest BCUT2D eigenvalue weighted by molar-refractivity contribution is 0.0770. The van der Waals surface area contributed by atoms with Crippen LogP contribution >= 0.6 is 0 Å². The van der Waals surface area contributed by atoms with Crippen LogP contribution in [0.15, 0.2) is 18.2 Å². The molecule has 2 heterocycles. The fourth-order valence-electron chi connectivity index (χ4n) is 2.98. The van der Waals surface area contributed by atoms with Gasteiger partial charge in [0.05, 0.1) is 31.9 Å². The lowest BCUT2D eigenvalue weighted by Gasteiger charge is -2.24. The SMILES string of the molecule is COc1cccc2c(C3COCCN3)c(C)n(C)c12. The van der Waals surface area contributed by atoms with Crippen molar-refractivity contribution in [3.8, 4) is 5.75 Å². The molecule has 1 aliphatic heterocycles. The van der Waals surface area contributed by atoms with Gasteiger partial charge in [0, 0.05) is 24.7 Å². The average molecular weight is 260 g/mol. The third-order valence-corrected chi connectivity index (χ3v) is 4.01. The number of hydrogen-bond acceptors (Lipinski definition) is 3. The summed E-state index contributed by atoms with van der Waals surface area (Å²) in [6, 6.07) is 6.49. The normalized spacial score (nSPS) is 19.8. The molecule has 1 N–H and O–H groups in total. The minimum atomic E-state index is 0.268. The van der Waals surface area contributed by atoms with E-state index in [9.17, 15) is 0 Å². The van der Waals surface area contributed by atoms with Gasteiger partial charge in [-0.2, -0.15) is 0 Å². The van der Waals surface area contributed by atoms with Crippen LogP contribution in [0.2, 0.25) is 0 Å². The van der Waals surface area contributed by atoms with Gasteiger partial charge in [0.25, 0.3) is 0 Å². The van der Waals surface area contributed by atoms with Crippen LogP contribution in [-0.2, 0) is 11.8 Å². The van der Waals surface area contributed by atoms with Gasteiger partial charge in [-0.15, -0.1) is 0 Å². The second-order valence-corrected chi connectivity index (χ2v) is 5.00. The minimum absolute atomic E-state index is 0.268. The molecule has 19 heavy (non-hydrogen) atoms. The average Bonchev–Trinajstić information content (AvgIpc) is 2.72. The second-order valence-electron chi connectivity index (χ2n) is 5.00. The molecule has 102 valence electrons. The zero-order chi connectivity index (χ0) is 13.4. The van der Waals surface area contributed by atoms with E-state index in [0.717, 1.165) is 31.0 Å². The van der Waals surface area contributed by atoms with Gasteiger partial charge in [0.15, 0.2) is 0 Å². The highest BCUT2D eigenvalue weighted by molar-refractivity contribution is 5.90. The standard InChI is InChI=1S/C15H20N2O2/c1-10-14(12-9-19-8-7-16-12)11-5-4-6-13(18-3)15(11)17(10)2/h4-6,12,16H,7-9H2,1-3H3. The minimum Gasteiger partial charge on any atom is -0.495 e. The van der Waals surface area contributed by atoms with E-state index in [1.807, 2.05) is 12.1 Å². The Morgan fingerprint density at radius 1 is 1.42 bits per heavy atom. The summed E-state index contributed by atoms with van der Waals surface area (Å²) in [5.41, 5.74) is 3.75. The van der Waals surface area contributed by atoms with E-state index >= 15 is 0 Å². The molecular formula is C15H20N2O2. The van der Waals surface area contributed by atoms with Crippen LogP contribution in [0.25, 0.3) is 10.9 Å². The zero-order valence-corrected chi connectivity index (χ0v) is 11.7. The molecule has 3 rings (SSSR count). The topological polar surface area (TPSA) is 35.4 Å². The number of hydrogen-bond donors (Lipinski definition) is 1. The van der Waals surface area contributed by atoms with Crippen molar-refractivity contribution in [1.29, 1.82) is 0 Å². The summed E-state index contributed by atoms with van der Waals surface area (Å²) in [5, 5.41) is 4.79. The van der Waals surface area contributed by atoms with Crippen LogP contribution in [-0.4, -0.2) is 31.4 Å². The lowest BCUT2D eigenvalue weighted by Crippen LogP contribution is -2.34. The Hall–Kier alpha value is -1.52. The number of nitrogens with zero attached hydrogens (tertiary/aromatic N) is 1. The lowest BCUT2D eigenvalue weighted by atomic mass is 10.0. The first-order valence-corrected chi connectivity index (χ1v) is 6.67. The van der Waals surface area contributed by atoms with Gasteiger partial charge in [-0.05, 0) is 18.6 Å². The molecule has 0 radical (unpaired) electrons. The molecule has 1 aromatic carbocycles. The molecule has 0 aliphatic carbocycles. The Labute approximate surface area is 113 Å². The van der Waals surface area contributed by atoms with E-state index in [1.165, 1.54) is 16.6 Å². The number of morpholine rings is 1. The number of para-hydroxylation sites is 1. The van der Waals surface area contributed by atoms with E-state index in [0.29, 0.717) is 0 Å². The monoisotopic (exact) mass is 260 g/mol. The van der Waals surface area contributed by atoms with Crippen LogP contribution in [0.5, 0.6) is 5.75 Å². The summed E-state index contributed by atoms with van der Waals surface area (Å²) in [7, 11) is 3.81. The predicted octanol–water partition coefficient (Wildman–Crippen LogP) is 2.16. The highest BCUT2D eigenvalue weighted by Crippen LogP contribution is 2.35. The molecule has 4 heteroatoms. The molecule has 1 unspecified atom stereocenters. The van der Waals surface area contributed by atoms with Gasteiger partial charge in [0.2, 0.25) is 0 Å². The fourth-order valence-corrected chi connectivity index (χ4v) is 2.98. The van der Waals surface area contributed by atoms with Crippen molar-refractivity contribution in [2.45, 2.75) is 13.0 Å². The first-order chi connectivity index (χ1) is 9.24. The quantitative estimate of drug-likeness (QED) is 0.898. The first kappa shape index (κ1) is 12.5. The van der Waals surface area contributed by atoms with Crippen molar-refractivity contribution in [1.82, 2.24) is 9.88 Å². The Morgan fingerprint density at radius 2 is 2.26 bits per heavy atom. The molecule has 1 atom stereocenters. The molecular weight excluding hydrogens is 240 g/mol. The van der Waals surface area contributed by atoms with Crippen molar-refractivity contribution < 1.29 is 9.47 Å². The number of ether oxygens (including phenoxy) is 2. The van der Waals surface area contributed by atoms with E-state index < -0.39 is 0 Å². The zero-order valence-electron chi connectivity index (χ0n) is 11.7. The highest BCUT2D eigenvalue weighted by atomic mass is 16.5. The molecule has 1 saturated heterocycles. The summed E-state index contributed by atoms with van der Waals surface area (Å²) in [4.78, 5) is 0. The van der Waals surface area contributed by atoms with Crippen molar-refractivity contribution >= 4 is 10.9 Å². The summed E-state index contributed by atoms with van der Waals surface area (Å²) in [6.45, 7) is 4.59. The van der Waals surface area contributed by atoms with Crippen LogP contribution in [0.3, 0.4) is 0 Å². The Morgan fingerprint density at radius 3 is 2.95 bits per heavy atom. The van der Waals surface area contributed by atoms with Gasteiger partial charge in [-0.1, -0.05) is 12.1 Å². The maximum absolute atomic E-state index is 5.60. The van der Waals surface area contributed by atoms with E-state index in [1.54, 1.807) is 7.11 Å². The predicted molar refractivity (Wildman–Crippen MR) is 75.8 cm³/mol. The molecule has 2 aromatic rings. The molecule has 0 bridgehead atoms. The number of aromatic nitrogens is 1. The molecule has 4 nitrogen and oxygen atoms in total.